The van der Waals surface area contributed by atoms with Crippen molar-refractivity contribution >= 4 is 0 Å². The summed E-state index contributed by atoms with van der Waals surface area (Å²) in [5, 5.41) is 0. The average molecular weight is 359 g/mol. The average Bonchev–Trinajstić information content (AvgIpc) is 2.69. The van der Waals surface area contributed by atoms with Crippen LogP contribution in [0.1, 0.15) is 36.9 Å². The summed E-state index contributed by atoms with van der Waals surface area (Å²) in [6.07, 6.45) is 8.45. The van der Waals surface area contributed by atoms with E-state index in [0.717, 1.165) is 31.2 Å². The van der Waals surface area contributed by atoms with Gasteiger partial charge in [0.2, 0.25) is 5.75 Å². The molecule has 2 rings (SSSR count). The van der Waals surface area contributed by atoms with Crippen LogP contribution in [0.4, 0.5) is 0 Å². The Hall–Kier alpha value is -2.27. The van der Waals surface area contributed by atoms with Crippen molar-refractivity contribution in [1.82, 2.24) is 4.98 Å². The number of rotatable bonds is 12. The van der Waals surface area contributed by atoms with Gasteiger partial charge >= 0.3 is 0 Å². The summed E-state index contributed by atoms with van der Waals surface area (Å²) in [5.74, 6) is 2.00. The fourth-order valence-corrected chi connectivity index (χ4v) is 2.93. The molecular weight excluding hydrogens is 330 g/mol. The predicted octanol–water partition coefficient (Wildman–Crippen LogP) is 4.43. The lowest BCUT2D eigenvalue weighted by molar-refractivity contribution is 0.0481. The molecule has 0 aliphatic heterocycles. The maximum atomic E-state index is 5.75. The van der Waals surface area contributed by atoms with Crippen LogP contribution in [0.25, 0.3) is 0 Å². The molecule has 1 aromatic carbocycles. The van der Waals surface area contributed by atoms with E-state index in [1.165, 1.54) is 18.5 Å². The number of nitrogens with zero attached hydrogens (tertiary/aromatic N) is 1. The van der Waals surface area contributed by atoms with Crippen LogP contribution in [0.5, 0.6) is 17.2 Å². The zero-order chi connectivity index (χ0) is 18.6. The lowest BCUT2D eigenvalue weighted by Gasteiger charge is -2.17. The van der Waals surface area contributed by atoms with Crippen molar-refractivity contribution in [2.75, 3.05) is 28.1 Å². The van der Waals surface area contributed by atoms with Crippen LogP contribution in [0.3, 0.4) is 0 Å². The molecule has 0 spiro atoms. The molecule has 5 nitrogen and oxygen atoms in total. The van der Waals surface area contributed by atoms with Gasteiger partial charge in [-0.1, -0.05) is 25.0 Å². The maximum Gasteiger partial charge on any atom is 0.203 e. The van der Waals surface area contributed by atoms with Gasteiger partial charge < -0.3 is 18.9 Å². The first kappa shape index (κ1) is 20.0. The second-order valence-corrected chi connectivity index (χ2v) is 6.08. The Morgan fingerprint density at radius 2 is 1.62 bits per heavy atom. The first-order chi connectivity index (χ1) is 12.8. The summed E-state index contributed by atoms with van der Waals surface area (Å²) in [6, 6.07) is 10.1. The van der Waals surface area contributed by atoms with Crippen LogP contribution in [0, 0.1) is 0 Å². The Kier molecular flexibility index (Phi) is 8.76. The van der Waals surface area contributed by atoms with E-state index in [1.54, 1.807) is 21.3 Å². The lowest BCUT2D eigenvalue weighted by atomic mass is 10.0. The topological polar surface area (TPSA) is 49.8 Å². The van der Waals surface area contributed by atoms with Crippen molar-refractivity contribution < 1.29 is 18.9 Å². The highest BCUT2D eigenvalue weighted by atomic mass is 16.7. The number of methoxy groups -OCH3 is 3. The minimum absolute atomic E-state index is 0.181. The van der Waals surface area contributed by atoms with E-state index in [1.807, 2.05) is 30.5 Å². The zero-order valence-corrected chi connectivity index (χ0v) is 16.0. The first-order valence-electron chi connectivity index (χ1n) is 9.05. The lowest BCUT2D eigenvalue weighted by Crippen LogP contribution is -2.05. The molecule has 0 aliphatic carbocycles. The molecule has 1 heterocycles. The number of pyridine rings is 1. The number of hydrogen-bond donors (Lipinski definition) is 0. The molecule has 0 unspecified atom stereocenters. The van der Waals surface area contributed by atoms with Gasteiger partial charge in [-0.05, 0) is 49.4 Å². The van der Waals surface area contributed by atoms with Gasteiger partial charge in [0.25, 0.3) is 0 Å². The molecule has 0 N–H and O–H groups in total. The quantitative estimate of drug-likeness (QED) is 0.414. The highest BCUT2D eigenvalue weighted by Gasteiger charge is 2.16. The van der Waals surface area contributed by atoms with Crippen molar-refractivity contribution in [3.8, 4) is 17.2 Å². The molecular formula is C21H29NO4. The van der Waals surface area contributed by atoms with Crippen molar-refractivity contribution in [2.45, 2.75) is 38.5 Å². The summed E-state index contributed by atoms with van der Waals surface area (Å²) < 4.78 is 21.6. The largest absolute Gasteiger partial charge is 0.493 e. The fraction of sp³-hybridized carbons (Fsp3) is 0.476. The smallest absolute Gasteiger partial charge is 0.203 e. The Morgan fingerprint density at radius 3 is 2.27 bits per heavy atom. The minimum atomic E-state index is 0.181. The normalized spacial score (nSPS) is 10.6. The van der Waals surface area contributed by atoms with Gasteiger partial charge in [0.15, 0.2) is 18.3 Å². The molecule has 142 valence electrons. The number of aromatic nitrogens is 1. The number of aryl methyl sites for hydroxylation is 2. The highest BCUT2D eigenvalue weighted by molar-refractivity contribution is 5.55. The van der Waals surface area contributed by atoms with Gasteiger partial charge in [-0.3, -0.25) is 4.98 Å². The van der Waals surface area contributed by atoms with Gasteiger partial charge in [0.05, 0.1) is 14.2 Å². The van der Waals surface area contributed by atoms with Gasteiger partial charge in [0, 0.05) is 19.0 Å². The van der Waals surface area contributed by atoms with Gasteiger partial charge in [-0.15, -0.1) is 0 Å². The third-order valence-corrected chi connectivity index (χ3v) is 4.26. The van der Waals surface area contributed by atoms with E-state index in [4.69, 9.17) is 18.9 Å². The third-order valence-electron chi connectivity index (χ3n) is 4.26. The molecule has 0 radical (unpaired) electrons. The van der Waals surface area contributed by atoms with E-state index in [-0.39, 0.29) is 6.79 Å². The molecule has 2 aromatic rings. The van der Waals surface area contributed by atoms with E-state index < -0.39 is 0 Å². The van der Waals surface area contributed by atoms with E-state index >= 15 is 0 Å². The van der Waals surface area contributed by atoms with Gasteiger partial charge in [-0.25, -0.2) is 0 Å². The Morgan fingerprint density at radius 1 is 0.808 bits per heavy atom. The van der Waals surface area contributed by atoms with Crippen molar-refractivity contribution in [3.63, 3.8) is 0 Å². The number of benzene rings is 1. The standard InChI is InChI=1S/C21H29NO4/c1-23-16-26-20-17(13-14-19(24-2)21(20)25-3)10-6-4-5-7-11-18-12-8-9-15-22-18/h8-9,12-15H,4-7,10-11,16H2,1-3H3. The first-order valence-corrected chi connectivity index (χ1v) is 9.05. The van der Waals surface area contributed by atoms with E-state index in [9.17, 15) is 0 Å². The van der Waals surface area contributed by atoms with Crippen LogP contribution < -0.4 is 14.2 Å². The van der Waals surface area contributed by atoms with E-state index in [0.29, 0.717) is 17.2 Å². The van der Waals surface area contributed by atoms with Gasteiger partial charge in [0.1, 0.15) is 0 Å². The second-order valence-electron chi connectivity index (χ2n) is 6.08. The number of unbranched alkanes of at least 4 members (excludes halogenated alkanes) is 3. The zero-order valence-electron chi connectivity index (χ0n) is 16.0. The van der Waals surface area contributed by atoms with Crippen molar-refractivity contribution in [3.05, 3.63) is 47.8 Å². The monoisotopic (exact) mass is 359 g/mol. The van der Waals surface area contributed by atoms with Crippen LogP contribution in [-0.4, -0.2) is 33.1 Å². The molecule has 5 heteroatoms. The molecule has 26 heavy (non-hydrogen) atoms. The fourth-order valence-electron chi connectivity index (χ4n) is 2.93. The van der Waals surface area contributed by atoms with Crippen molar-refractivity contribution in [2.24, 2.45) is 0 Å². The predicted molar refractivity (Wildman–Crippen MR) is 102 cm³/mol. The molecule has 0 bridgehead atoms. The Balaban J connectivity index is 1.85. The molecule has 0 fully saturated rings. The maximum absolute atomic E-state index is 5.75. The molecule has 1 aromatic heterocycles. The Labute approximate surface area is 156 Å². The number of hydrogen-bond acceptors (Lipinski definition) is 5. The summed E-state index contributed by atoms with van der Waals surface area (Å²) in [4.78, 5) is 4.37. The third kappa shape index (κ3) is 5.92. The summed E-state index contributed by atoms with van der Waals surface area (Å²) in [6.45, 7) is 0.181. The van der Waals surface area contributed by atoms with Crippen LogP contribution in [0.15, 0.2) is 36.5 Å². The summed E-state index contributed by atoms with van der Waals surface area (Å²) in [7, 11) is 4.85. The molecule has 0 aliphatic rings. The molecule has 0 atom stereocenters. The van der Waals surface area contributed by atoms with E-state index in [2.05, 4.69) is 11.1 Å². The SMILES string of the molecule is COCOc1c(CCCCCCc2ccccn2)ccc(OC)c1OC. The van der Waals surface area contributed by atoms with Crippen molar-refractivity contribution in [1.29, 1.82) is 0 Å². The summed E-state index contributed by atoms with van der Waals surface area (Å²) >= 11 is 0. The molecule has 0 saturated carbocycles. The van der Waals surface area contributed by atoms with Gasteiger partial charge in [-0.2, -0.15) is 0 Å². The molecule has 0 saturated heterocycles. The van der Waals surface area contributed by atoms with Crippen LogP contribution in [0.2, 0.25) is 0 Å². The highest BCUT2D eigenvalue weighted by Crippen LogP contribution is 2.40. The minimum Gasteiger partial charge on any atom is -0.493 e. The molecule has 0 amide bonds. The summed E-state index contributed by atoms with van der Waals surface area (Å²) in [5.41, 5.74) is 2.28. The van der Waals surface area contributed by atoms with Crippen LogP contribution >= 0.6 is 0 Å². The Bertz CT molecular complexity index is 646. The van der Waals surface area contributed by atoms with Crippen LogP contribution in [-0.2, 0) is 17.6 Å². The number of ether oxygens (including phenoxy) is 4. The second kappa shape index (κ2) is 11.4.